The molecule has 2 heterocycles. The minimum Gasteiger partial charge on any atom is -0.497 e. The first-order chi connectivity index (χ1) is 14.8. The molecule has 7 nitrogen and oxygen atoms in total. The first kappa shape index (κ1) is 20.5. The van der Waals surface area contributed by atoms with Crippen molar-refractivity contribution in [2.24, 2.45) is 7.05 Å². The Morgan fingerprint density at radius 1 is 1.13 bits per heavy atom. The number of nitrogens with zero attached hydrogens (tertiary/aromatic N) is 4. The fraction of sp³-hybridized carbons (Fsp3) is 0.190. The van der Waals surface area contributed by atoms with Crippen LogP contribution in [0, 0.1) is 24.4 Å². The molecule has 31 heavy (non-hydrogen) atoms. The SMILES string of the molecule is COc1ccc(Nc2nc(=O)c3nn(C)cc3n2Cc2cc(F)c(F)c(F)c2)c(C)c1. The van der Waals surface area contributed by atoms with Crippen molar-refractivity contribution in [3.63, 3.8) is 0 Å². The molecule has 0 fully saturated rings. The summed E-state index contributed by atoms with van der Waals surface area (Å²) in [7, 11) is 3.19. The highest BCUT2D eigenvalue weighted by Gasteiger charge is 2.17. The second-order valence-electron chi connectivity index (χ2n) is 7.04. The lowest BCUT2D eigenvalue weighted by Gasteiger charge is -2.17. The van der Waals surface area contributed by atoms with Crippen molar-refractivity contribution in [3.05, 3.63) is 75.5 Å². The highest BCUT2D eigenvalue weighted by molar-refractivity contribution is 5.76. The van der Waals surface area contributed by atoms with E-state index in [1.54, 1.807) is 43.1 Å². The third-order valence-electron chi connectivity index (χ3n) is 4.83. The van der Waals surface area contributed by atoms with E-state index in [4.69, 9.17) is 4.74 Å². The molecule has 160 valence electrons. The highest BCUT2D eigenvalue weighted by Crippen LogP contribution is 2.26. The van der Waals surface area contributed by atoms with E-state index in [1.165, 1.54) is 4.68 Å². The molecule has 4 aromatic rings. The summed E-state index contributed by atoms with van der Waals surface area (Å²) in [6.45, 7) is 1.77. The molecule has 0 aliphatic heterocycles. The fourth-order valence-corrected chi connectivity index (χ4v) is 3.31. The molecule has 0 aliphatic carbocycles. The number of hydrogen-bond acceptors (Lipinski definition) is 5. The summed E-state index contributed by atoms with van der Waals surface area (Å²) in [5.41, 5.74) is 1.58. The summed E-state index contributed by atoms with van der Waals surface area (Å²) in [5.74, 6) is -3.34. The van der Waals surface area contributed by atoms with E-state index in [1.807, 2.05) is 6.92 Å². The van der Waals surface area contributed by atoms with Gasteiger partial charge in [0.25, 0.3) is 0 Å². The van der Waals surface area contributed by atoms with Gasteiger partial charge in [-0.15, -0.1) is 0 Å². The van der Waals surface area contributed by atoms with Gasteiger partial charge in [0, 0.05) is 18.9 Å². The monoisotopic (exact) mass is 429 g/mol. The van der Waals surface area contributed by atoms with Crippen LogP contribution >= 0.6 is 0 Å². The number of nitrogens with one attached hydrogen (secondary N) is 1. The number of hydrogen-bond donors (Lipinski definition) is 1. The molecule has 0 saturated carbocycles. The van der Waals surface area contributed by atoms with Gasteiger partial charge in [0.2, 0.25) is 5.95 Å². The first-order valence-electron chi connectivity index (χ1n) is 9.26. The third kappa shape index (κ3) is 3.83. The number of ether oxygens (including phenoxy) is 1. The van der Waals surface area contributed by atoms with Crippen LogP contribution in [0.2, 0.25) is 0 Å². The average molecular weight is 429 g/mol. The maximum Gasteiger partial charge on any atom is 0.302 e. The lowest BCUT2D eigenvalue weighted by molar-refractivity contribution is 0.414. The van der Waals surface area contributed by atoms with Crippen LogP contribution < -0.4 is 15.6 Å². The second kappa shape index (κ2) is 7.78. The van der Waals surface area contributed by atoms with Crippen molar-refractivity contribution in [3.8, 4) is 5.75 Å². The molecule has 10 heteroatoms. The minimum atomic E-state index is -1.54. The predicted molar refractivity (Wildman–Crippen MR) is 109 cm³/mol. The van der Waals surface area contributed by atoms with E-state index < -0.39 is 23.0 Å². The molecular formula is C21H18F3N5O2. The van der Waals surface area contributed by atoms with Crippen molar-refractivity contribution in [1.29, 1.82) is 0 Å². The Kier molecular flexibility index (Phi) is 5.14. The molecule has 0 atom stereocenters. The van der Waals surface area contributed by atoms with Gasteiger partial charge in [-0.3, -0.25) is 9.48 Å². The van der Waals surface area contributed by atoms with Crippen molar-refractivity contribution < 1.29 is 17.9 Å². The number of aromatic nitrogens is 4. The lowest BCUT2D eigenvalue weighted by Crippen LogP contribution is -2.18. The Morgan fingerprint density at radius 2 is 1.84 bits per heavy atom. The zero-order valence-corrected chi connectivity index (χ0v) is 16.9. The van der Waals surface area contributed by atoms with Gasteiger partial charge in [0.1, 0.15) is 5.75 Å². The van der Waals surface area contributed by atoms with Crippen LogP contribution in [0.3, 0.4) is 0 Å². The predicted octanol–water partition coefficient (Wildman–Crippen LogP) is 3.66. The molecule has 0 unspecified atom stereocenters. The Morgan fingerprint density at radius 3 is 2.48 bits per heavy atom. The quantitative estimate of drug-likeness (QED) is 0.490. The van der Waals surface area contributed by atoms with E-state index in [0.717, 1.165) is 17.7 Å². The Bertz CT molecular complexity index is 1340. The summed E-state index contributed by atoms with van der Waals surface area (Å²) in [6.07, 6.45) is 1.60. The molecule has 0 aliphatic rings. The topological polar surface area (TPSA) is 74.0 Å². The minimum absolute atomic E-state index is 0.0822. The number of rotatable bonds is 5. The van der Waals surface area contributed by atoms with Gasteiger partial charge < -0.3 is 14.6 Å². The van der Waals surface area contributed by atoms with Crippen LogP contribution in [0.15, 0.2) is 41.3 Å². The lowest BCUT2D eigenvalue weighted by atomic mass is 10.2. The van der Waals surface area contributed by atoms with Crippen LogP contribution in [0.4, 0.5) is 24.8 Å². The maximum absolute atomic E-state index is 13.8. The Balaban J connectivity index is 1.86. The Hall–Kier alpha value is -3.82. The van der Waals surface area contributed by atoms with Crippen LogP contribution in [-0.2, 0) is 13.6 Å². The molecular weight excluding hydrogens is 411 g/mol. The van der Waals surface area contributed by atoms with E-state index in [-0.39, 0.29) is 23.6 Å². The number of halogens is 3. The van der Waals surface area contributed by atoms with Crippen LogP contribution in [0.25, 0.3) is 11.0 Å². The van der Waals surface area contributed by atoms with Gasteiger partial charge in [0.05, 0.1) is 19.2 Å². The molecule has 0 saturated heterocycles. The van der Waals surface area contributed by atoms with E-state index in [9.17, 15) is 18.0 Å². The maximum atomic E-state index is 13.8. The molecule has 0 amide bonds. The van der Waals surface area contributed by atoms with Gasteiger partial charge in [-0.1, -0.05) is 0 Å². The molecule has 0 radical (unpaired) electrons. The zero-order valence-electron chi connectivity index (χ0n) is 16.9. The molecule has 2 aromatic heterocycles. The number of methoxy groups -OCH3 is 1. The molecule has 0 spiro atoms. The number of fused-ring (bicyclic) bond motifs is 1. The van der Waals surface area contributed by atoms with Crippen LogP contribution in [0.1, 0.15) is 11.1 Å². The summed E-state index contributed by atoms with van der Waals surface area (Å²) in [6, 6.07) is 7.11. The molecule has 1 N–H and O–H groups in total. The van der Waals surface area contributed by atoms with Crippen molar-refractivity contribution in [2.45, 2.75) is 13.5 Å². The normalized spacial score (nSPS) is 11.2. The summed E-state index contributed by atoms with van der Waals surface area (Å²) >= 11 is 0. The number of benzene rings is 2. The third-order valence-corrected chi connectivity index (χ3v) is 4.83. The van der Waals surface area contributed by atoms with E-state index >= 15 is 0 Å². The molecule has 4 rings (SSSR count). The van der Waals surface area contributed by atoms with E-state index in [0.29, 0.717) is 17.0 Å². The van der Waals surface area contributed by atoms with Crippen LogP contribution in [-0.4, -0.2) is 26.4 Å². The average Bonchev–Trinajstić information content (AvgIpc) is 3.12. The van der Waals surface area contributed by atoms with Crippen molar-refractivity contribution in [1.82, 2.24) is 19.3 Å². The van der Waals surface area contributed by atoms with Gasteiger partial charge in [-0.25, -0.2) is 13.2 Å². The summed E-state index contributed by atoms with van der Waals surface area (Å²) < 4.78 is 49.1. The van der Waals surface area contributed by atoms with Crippen molar-refractivity contribution >= 4 is 22.7 Å². The largest absolute Gasteiger partial charge is 0.497 e. The summed E-state index contributed by atoms with van der Waals surface area (Å²) in [4.78, 5) is 16.6. The molecule has 0 bridgehead atoms. The molecule has 2 aromatic carbocycles. The smallest absolute Gasteiger partial charge is 0.302 e. The second-order valence-corrected chi connectivity index (χ2v) is 7.04. The van der Waals surface area contributed by atoms with Crippen molar-refractivity contribution in [2.75, 3.05) is 12.4 Å². The standard InChI is InChI=1S/C21H18F3N5O2/c1-11-6-13(31-3)4-5-16(11)25-21-26-20(30)19-17(10-28(2)27-19)29(21)9-12-7-14(22)18(24)15(23)8-12/h4-8,10H,9H2,1-3H3,(H,25,26,30). The van der Waals surface area contributed by atoms with Gasteiger partial charge in [-0.2, -0.15) is 10.1 Å². The highest BCUT2D eigenvalue weighted by atomic mass is 19.2. The zero-order chi connectivity index (χ0) is 22.3. The fourth-order valence-electron chi connectivity index (χ4n) is 3.31. The Labute approximate surface area is 174 Å². The van der Waals surface area contributed by atoms with E-state index in [2.05, 4.69) is 15.4 Å². The van der Waals surface area contributed by atoms with Crippen LogP contribution in [0.5, 0.6) is 5.75 Å². The first-order valence-corrected chi connectivity index (χ1v) is 9.26. The van der Waals surface area contributed by atoms with Gasteiger partial charge in [0.15, 0.2) is 23.0 Å². The number of aryl methyl sites for hydroxylation is 2. The summed E-state index contributed by atoms with van der Waals surface area (Å²) in [5, 5.41) is 7.21. The van der Waals surface area contributed by atoms with Gasteiger partial charge in [-0.05, 0) is 48.4 Å². The van der Waals surface area contributed by atoms with Gasteiger partial charge >= 0.3 is 5.56 Å². The number of anilines is 2.